The minimum atomic E-state index is 1.07. The van der Waals surface area contributed by atoms with Crippen LogP contribution in [0.2, 0.25) is 0 Å². The highest BCUT2D eigenvalue weighted by Crippen LogP contribution is 3.58. The van der Waals surface area contributed by atoms with Gasteiger partial charge in [0, 0.05) is 0 Å². The van der Waals surface area contributed by atoms with E-state index >= 15 is 0 Å². The summed E-state index contributed by atoms with van der Waals surface area (Å²) in [6.07, 6.45) is 10.3. The molecule has 0 saturated heterocycles. The molecule has 68 valence electrons. The van der Waals surface area contributed by atoms with Crippen molar-refractivity contribution in [1.29, 1.82) is 0 Å². The minimum Gasteiger partial charge on any atom is -0.0453 e. The van der Waals surface area contributed by atoms with E-state index in [2.05, 4.69) is 0 Å². The molecule has 0 aromatic heterocycles. The van der Waals surface area contributed by atoms with Crippen LogP contribution in [0.4, 0.5) is 0 Å². The lowest BCUT2D eigenvalue weighted by Crippen LogP contribution is -1.97. The van der Waals surface area contributed by atoms with E-state index in [1.54, 1.807) is 38.5 Å². The lowest BCUT2D eigenvalue weighted by atomic mass is 10.0. The highest BCUT2D eigenvalue weighted by Gasteiger charge is 3.56. The number of hydrogen-bond donors (Lipinski definition) is 0. The quantitative estimate of drug-likeness (QED) is 0.536. The van der Waals surface area contributed by atoms with Crippen molar-refractivity contribution in [2.75, 3.05) is 0 Å². The third-order valence-corrected chi connectivity index (χ3v) is 10.9. The van der Waals surface area contributed by atoms with Gasteiger partial charge in [-0.25, -0.2) is 0 Å². The maximum atomic E-state index is 1.72. The summed E-state index contributed by atoms with van der Waals surface area (Å²) in [4.78, 5) is 0. The van der Waals surface area contributed by atoms with Crippen molar-refractivity contribution in [2.45, 2.75) is 38.5 Å². The molecule has 11 aliphatic rings. The van der Waals surface area contributed by atoms with Gasteiger partial charge < -0.3 is 0 Å². The number of rotatable bonds is 0. The lowest BCUT2D eigenvalue weighted by molar-refractivity contribution is 0.447. The SMILES string of the molecule is C1CC23C45CCC67C18C61CCC24C35C871. The fourth-order valence-electron chi connectivity index (χ4n) is 12.1. The Hall–Kier alpha value is 0. The smallest absolute Gasteiger partial charge is 0.00200 e. The maximum absolute atomic E-state index is 1.72. The predicted molar refractivity (Wildman–Crippen MR) is 47.2 cm³/mol. The van der Waals surface area contributed by atoms with Gasteiger partial charge >= 0.3 is 0 Å². The van der Waals surface area contributed by atoms with Crippen LogP contribution in [0.5, 0.6) is 0 Å². The van der Waals surface area contributed by atoms with E-state index < -0.39 is 0 Å². The van der Waals surface area contributed by atoms with Gasteiger partial charge in [0.25, 0.3) is 0 Å². The monoisotopic (exact) mass is 180 g/mol. The molecule has 0 aromatic carbocycles. The van der Waals surface area contributed by atoms with Crippen molar-refractivity contribution < 1.29 is 0 Å². The van der Waals surface area contributed by atoms with E-state index in [1.807, 2.05) is 0 Å². The largest absolute Gasteiger partial charge is 0.0453 e. The third-order valence-electron chi connectivity index (χ3n) is 10.9. The molecule has 0 heteroatoms. The molecular weight excluding hydrogens is 168 g/mol. The molecule has 11 aliphatic carbocycles. The summed E-state index contributed by atoms with van der Waals surface area (Å²) in [5.41, 5.74) is 8.68. The summed E-state index contributed by atoms with van der Waals surface area (Å²) in [6, 6.07) is 0. The van der Waals surface area contributed by atoms with Gasteiger partial charge in [-0.2, -0.15) is 0 Å². The Labute approximate surface area is 82.4 Å². The van der Waals surface area contributed by atoms with Gasteiger partial charge in [-0.05, 0) is 81.8 Å². The van der Waals surface area contributed by atoms with Crippen LogP contribution in [0.1, 0.15) is 38.5 Å². The minimum absolute atomic E-state index is 1.07. The van der Waals surface area contributed by atoms with Crippen LogP contribution in [0.15, 0.2) is 0 Å². The van der Waals surface area contributed by atoms with Crippen LogP contribution in [0.3, 0.4) is 0 Å². The molecule has 0 radical (unpaired) electrons. The molecule has 0 aliphatic heterocycles. The molecule has 11 fully saturated rings. The summed E-state index contributed by atoms with van der Waals surface area (Å²) >= 11 is 0. The summed E-state index contributed by atoms with van der Waals surface area (Å²) in [5, 5.41) is 0. The average molecular weight is 180 g/mol. The summed E-state index contributed by atoms with van der Waals surface area (Å²) < 4.78 is 0. The van der Waals surface area contributed by atoms with Crippen LogP contribution >= 0.6 is 0 Å². The zero-order valence-electron chi connectivity index (χ0n) is 8.24. The summed E-state index contributed by atoms with van der Waals surface area (Å²) in [6.45, 7) is 0. The Bertz CT molecular complexity index is 458. The summed E-state index contributed by atoms with van der Waals surface area (Å²) in [5.74, 6) is 0. The Balaban J connectivity index is 1.73. The Morgan fingerprint density at radius 2 is 0.571 bits per heavy atom. The highest BCUT2D eigenvalue weighted by molar-refractivity contribution is 6.01. The standard InChI is InChI=1S/C14H12/c1-2-8-11-5-3-9-7(1)10(9)4-6-12(8,11)14(8,11)13(7,9)10/h1-6H2. The first-order chi connectivity index (χ1) is 6.87. The van der Waals surface area contributed by atoms with Crippen molar-refractivity contribution in [3.8, 4) is 0 Å². The van der Waals surface area contributed by atoms with Crippen LogP contribution in [-0.2, 0) is 0 Å². The molecule has 11 saturated carbocycles. The van der Waals surface area contributed by atoms with E-state index in [9.17, 15) is 0 Å². The molecule has 0 nitrogen and oxygen atoms in total. The average Bonchev–Trinajstić information content (AvgIpc) is 2.89. The van der Waals surface area contributed by atoms with E-state index in [4.69, 9.17) is 0 Å². The van der Waals surface area contributed by atoms with Gasteiger partial charge in [0.2, 0.25) is 0 Å². The van der Waals surface area contributed by atoms with Gasteiger partial charge in [-0.1, -0.05) is 0 Å². The first kappa shape index (κ1) is 4.89. The molecule has 14 heavy (non-hydrogen) atoms. The van der Waals surface area contributed by atoms with Crippen molar-refractivity contribution in [2.24, 2.45) is 43.3 Å². The zero-order valence-corrected chi connectivity index (χ0v) is 8.24. The Morgan fingerprint density at radius 3 is 0.786 bits per heavy atom. The van der Waals surface area contributed by atoms with Crippen molar-refractivity contribution in [3.63, 3.8) is 0 Å². The topological polar surface area (TPSA) is 0 Å². The molecule has 0 heterocycles. The van der Waals surface area contributed by atoms with Crippen molar-refractivity contribution in [1.82, 2.24) is 0 Å². The van der Waals surface area contributed by atoms with E-state index in [1.165, 1.54) is 0 Å². The molecule has 11 rings (SSSR count). The Morgan fingerprint density at radius 1 is 0.357 bits per heavy atom. The molecule has 8 spiro atoms. The first-order valence-electron chi connectivity index (χ1n) is 6.87. The molecule has 0 atom stereocenters. The fraction of sp³-hybridized carbons (Fsp3) is 1.00. The van der Waals surface area contributed by atoms with Gasteiger partial charge in [-0.15, -0.1) is 0 Å². The number of hydrogen-bond acceptors (Lipinski definition) is 0. The van der Waals surface area contributed by atoms with Crippen LogP contribution in [-0.4, -0.2) is 0 Å². The maximum Gasteiger partial charge on any atom is -0.00200 e. The van der Waals surface area contributed by atoms with E-state index in [0.717, 1.165) is 43.3 Å². The second-order valence-corrected chi connectivity index (χ2v) is 8.43. The zero-order chi connectivity index (χ0) is 8.24. The third kappa shape index (κ3) is 0.0976. The fourth-order valence-corrected chi connectivity index (χ4v) is 12.1. The van der Waals surface area contributed by atoms with Gasteiger partial charge in [0.05, 0.1) is 0 Å². The normalized spacial score (nSPS) is 120. The lowest BCUT2D eigenvalue weighted by Gasteiger charge is -2.03. The van der Waals surface area contributed by atoms with Gasteiger partial charge in [0.1, 0.15) is 0 Å². The van der Waals surface area contributed by atoms with Crippen LogP contribution in [0, 0.1) is 43.3 Å². The van der Waals surface area contributed by atoms with Crippen LogP contribution < -0.4 is 0 Å². The molecule has 0 amide bonds. The van der Waals surface area contributed by atoms with E-state index in [0.29, 0.717) is 0 Å². The van der Waals surface area contributed by atoms with Gasteiger partial charge in [-0.3, -0.25) is 0 Å². The van der Waals surface area contributed by atoms with E-state index in [-0.39, 0.29) is 0 Å². The molecule has 0 aromatic rings. The second-order valence-electron chi connectivity index (χ2n) is 8.43. The Kier molecular flexibility index (Phi) is 0.224. The molecule has 0 N–H and O–H groups in total. The first-order valence-corrected chi connectivity index (χ1v) is 6.87. The van der Waals surface area contributed by atoms with Gasteiger partial charge in [0.15, 0.2) is 0 Å². The van der Waals surface area contributed by atoms with Crippen LogP contribution in [0.25, 0.3) is 0 Å². The van der Waals surface area contributed by atoms with Crippen molar-refractivity contribution >= 4 is 0 Å². The molecule has 0 bridgehead atoms. The predicted octanol–water partition coefficient (Wildman–Crippen LogP) is 2.34. The second kappa shape index (κ2) is 0.642. The molecular formula is C14H12. The highest BCUT2D eigenvalue weighted by atomic mass is 15.6. The molecule has 0 unspecified atom stereocenters. The summed E-state index contributed by atoms with van der Waals surface area (Å²) in [7, 11) is 0. The van der Waals surface area contributed by atoms with Crippen molar-refractivity contribution in [3.05, 3.63) is 0 Å².